The summed E-state index contributed by atoms with van der Waals surface area (Å²) in [7, 11) is -4.49. The summed E-state index contributed by atoms with van der Waals surface area (Å²) >= 11 is 0. The number of rotatable bonds is 8. The van der Waals surface area contributed by atoms with Crippen LogP contribution in [0.4, 0.5) is 0 Å². The second-order valence-corrected chi connectivity index (χ2v) is 8.84. The molecule has 0 spiro atoms. The normalized spacial score (nSPS) is 26.9. The highest BCUT2D eigenvalue weighted by Crippen LogP contribution is 2.43. The summed E-state index contributed by atoms with van der Waals surface area (Å²) in [6, 6.07) is 8.18. The lowest BCUT2D eigenvalue weighted by Crippen LogP contribution is -2.41. The molecule has 0 saturated heterocycles. The van der Waals surface area contributed by atoms with Crippen LogP contribution in [0.3, 0.4) is 0 Å². The zero-order valence-electron chi connectivity index (χ0n) is 15.0. The molecule has 0 aliphatic heterocycles. The van der Waals surface area contributed by atoms with Crippen molar-refractivity contribution in [3.63, 3.8) is 0 Å². The number of oxime groups is 1. The van der Waals surface area contributed by atoms with E-state index in [0.29, 0.717) is 25.4 Å². The van der Waals surface area contributed by atoms with Gasteiger partial charge in [0.05, 0.1) is 12.3 Å². The van der Waals surface area contributed by atoms with Crippen LogP contribution in [0.25, 0.3) is 0 Å². The van der Waals surface area contributed by atoms with Crippen molar-refractivity contribution >= 4 is 13.5 Å². The van der Waals surface area contributed by atoms with Crippen molar-refractivity contribution < 1.29 is 23.7 Å². The molecule has 0 amide bonds. The van der Waals surface area contributed by atoms with Crippen LogP contribution in [0, 0.1) is 5.92 Å². The minimum atomic E-state index is -4.49. The molecule has 1 aromatic rings. The van der Waals surface area contributed by atoms with Crippen LogP contribution in [0.2, 0.25) is 0 Å². The third-order valence-electron chi connectivity index (χ3n) is 5.17. The summed E-state index contributed by atoms with van der Waals surface area (Å²) in [6.45, 7) is 2.50. The number of nitrogens with zero attached hydrogens (tertiary/aromatic N) is 1. The van der Waals surface area contributed by atoms with Gasteiger partial charge in [-0.2, -0.15) is 0 Å². The minimum Gasteiger partial charge on any atom is -0.395 e. The Morgan fingerprint density at radius 2 is 2.00 bits per heavy atom. The van der Waals surface area contributed by atoms with Crippen molar-refractivity contribution in [2.75, 3.05) is 13.2 Å². The molecule has 0 unspecified atom stereocenters. The molecule has 144 valence electrons. The average molecular weight is 382 g/mol. The van der Waals surface area contributed by atoms with Crippen molar-refractivity contribution in [3.05, 3.63) is 35.4 Å². The van der Waals surface area contributed by atoms with Gasteiger partial charge >= 0.3 is 7.82 Å². The molecule has 7 nitrogen and oxygen atoms in total. The first-order chi connectivity index (χ1) is 12.2. The molecule has 0 bridgehead atoms. The van der Waals surface area contributed by atoms with Gasteiger partial charge in [0.15, 0.2) is 0 Å². The summed E-state index contributed by atoms with van der Waals surface area (Å²) in [6.07, 6.45) is 4.68. The Morgan fingerprint density at radius 3 is 2.62 bits per heavy atom. The Bertz CT molecular complexity index is 698. The van der Waals surface area contributed by atoms with Gasteiger partial charge in [0.25, 0.3) is 0 Å². The van der Waals surface area contributed by atoms with E-state index in [1.807, 2.05) is 19.1 Å². The lowest BCUT2D eigenvalue weighted by Gasteiger charge is -2.24. The van der Waals surface area contributed by atoms with Crippen LogP contribution >= 0.6 is 7.82 Å². The third-order valence-corrected chi connectivity index (χ3v) is 5.64. The fourth-order valence-electron chi connectivity index (χ4n) is 3.36. The lowest BCUT2D eigenvalue weighted by atomic mass is 9.93. The van der Waals surface area contributed by atoms with E-state index in [0.717, 1.165) is 17.7 Å². The maximum absolute atomic E-state index is 10.9. The van der Waals surface area contributed by atoms with Gasteiger partial charge in [-0.3, -0.25) is 4.52 Å². The standard InChI is InChI=1S/C18H27N2O5P/c1-13(20-24-11-14-2-3-14)15-4-6-16(7-5-15)17-8-9-18(19,10-17)12-25-26(21,22)23/h4-7,14,17H,2-3,8-12,19H2,1H3,(H2,21,22,23)/t17-,18-/m1/s1. The van der Waals surface area contributed by atoms with Crippen molar-refractivity contribution in [1.29, 1.82) is 0 Å². The van der Waals surface area contributed by atoms with Crippen molar-refractivity contribution in [3.8, 4) is 0 Å². The molecule has 0 radical (unpaired) electrons. The van der Waals surface area contributed by atoms with Gasteiger partial charge in [-0.1, -0.05) is 29.4 Å². The second kappa shape index (κ2) is 7.79. The highest BCUT2D eigenvalue weighted by Gasteiger charge is 2.38. The van der Waals surface area contributed by atoms with E-state index in [4.69, 9.17) is 20.4 Å². The molecule has 2 aliphatic carbocycles. The molecule has 2 atom stereocenters. The van der Waals surface area contributed by atoms with Crippen LogP contribution in [0.1, 0.15) is 56.1 Å². The van der Waals surface area contributed by atoms with E-state index in [1.54, 1.807) is 0 Å². The van der Waals surface area contributed by atoms with Gasteiger partial charge in [-0.05, 0) is 62.0 Å². The van der Waals surface area contributed by atoms with Crippen LogP contribution < -0.4 is 5.73 Å². The number of nitrogens with two attached hydrogens (primary N) is 1. The topological polar surface area (TPSA) is 114 Å². The molecule has 8 heteroatoms. The first-order valence-electron chi connectivity index (χ1n) is 9.00. The minimum absolute atomic E-state index is 0.129. The first-order valence-corrected chi connectivity index (χ1v) is 10.5. The maximum atomic E-state index is 10.9. The van der Waals surface area contributed by atoms with Crippen molar-refractivity contribution in [1.82, 2.24) is 0 Å². The summed E-state index contributed by atoms with van der Waals surface area (Å²) in [5.41, 5.74) is 8.60. The van der Waals surface area contributed by atoms with Crippen LogP contribution in [-0.4, -0.2) is 34.3 Å². The van der Waals surface area contributed by atoms with Gasteiger partial charge in [0.2, 0.25) is 0 Å². The van der Waals surface area contributed by atoms with Crippen molar-refractivity contribution in [2.24, 2.45) is 16.8 Å². The molecular formula is C18H27N2O5P. The van der Waals surface area contributed by atoms with E-state index in [-0.39, 0.29) is 12.5 Å². The van der Waals surface area contributed by atoms with Gasteiger partial charge in [0, 0.05) is 5.54 Å². The Balaban J connectivity index is 1.55. The zero-order chi connectivity index (χ0) is 18.8. The number of hydrogen-bond acceptors (Lipinski definition) is 5. The van der Waals surface area contributed by atoms with E-state index >= 15 is 0 Å². The Kier molecular flexibility index (Phi) is 5.85. The highest BCUT2D eigenvalue weighted by molar-refractivity contribution is 7.46. The number of hydrogen-bond donors (Lipinski definition) is 3. The van der Waals surface area contributed by atoms with Gasteiger partial charge < -0.3 is 20.4 Å². The van der Waals surface area contributed by atoms with Gasteiger partial charge in [0.1, 0.15) is 6.61 Å². The fourth-order valence-corrected chi connectivity index (χ4v) is 3.78. The fraction of sp³-hybridized carbons (Fsp3) is 0.611. The molecule has 0 heterocycles. The summed E-state index contributed by atoms with van der Waals surface area (Å²) < 4.78 is 15.5. The SMILES string of the molecule is CC(=NOCC1CC1)c1ccc([C@@H]2CC[C@](N)(COP(=O)(O)O)C2)cc1. The predicted molar refractivity (Wildman–Crippen MR) is 98.8 cm³/mol. The van der Waals surface area contributed by atoms with Gasteiger partial charge in [-0.25, -0.2) is 4.57 Å². The Hall–Kier alpha value is -1.24. The highest BCUT2D eigenvalue weighted by atomic mass is 31.2. The third kappa shape index (κ3) is 5.63. The molecule has 2 aliphatic rings. The largest absolute Gasteiger partial charge is 0.469 e. The molecule has 26 heavy (non-hydrogen) atoms. The quantitative estimate of drug-likeness (QED) is 0.362. The lowest BCUT2D eigenvalue weighted by molar-refractivity contribution is 0.134. The number of phosphoric acid groups is 1. The number of phosphoric ester groups is 1. The van der Waals surface area contributed by atoms with E-state index in [2.05, 4.69) is 21.8 Å². The molecule has 1 aromatic carbocycles. The molecule has 2 saturated carbocycles. The van der Waals surface area contributed by atoms with Crippen molar-refractivity contribution in [2.45, 2.75) is 50.5 Å². The van der Waals surface area contributed by atoms with Crippen LogP contribution in [0.15, 0.2) is 29.4 Å². The van der Waals surface area contributed by atoms with Gasteiger partial charge in [-0.15, -0.1) is 0 Å². The molecule has 3 rings (SSSR count). The average Bonchev–Trinajstić information content (AvgIpc) is 3.33. The Labute approximate surface area is 153 Å². The monoisotopic (exact) mass is 382 g/mol. The smallest absolute Gasteiger partial charge is 0.395 e. The maximum Gasteiger partial charge on any atom is 0.469 e. The zero-order valence-corrected chi connectivity index (χ0v) is 15.9. The molecule has 4 N–H and O–H groups in total. The van der Waals surface area contributed by atoms with E-state index in [1.165, 1.54) is 18.4 Å². The summed E-state index contributed by atoms with van der Waals surface area (Å²) in [4.78, 5) is 23.1. The first kappa shape index (κ1) is 19.5. The van der Waals surface area contributed by atoms with Crippen LogP contribution in [-0.2, 0) is 13.9 Å². The van der Waals surface area contributed by atoms with E-state index < -0.39 is 13.4 Å². The molecule has 2 fully saturated rings. The molecular weight excluding hydrogens is 355 g/mol. The van der Waals surface area contributed by atoms with E-state index in [9.17, 15) is 4.57 Å². The van der Waals surface area contributed by atoms with Crippen LogP contribution in [0.5, 0.6) is 0 Å². The second-order valence-electron chi connectivity index (χ2n) is 7.60. The molecule has 0 aromatic heterocycles. The Morgan fingerprint density at radius 1 is 1.31 bits per heavy atom. The number of benzene rings is 1. The predicted octanol–water partition coefficient (Wildman–Crippen LogP) is 2.91. The summed E-state index contributed by atoms with van der Waals surface area (Å²) in [5.74, 6) is 0.945. The summed E-state index contributed by atoms with van der Waals surface area (Å²) in [5, 5.41) is 4.18.